The fraction of sp³-hybridized carbons (Fsp3) is 0.500. The maximum atomic E-state index is 12.4. The largest absolute Gasteiger partial charge is 0.374 e. The van der Waals surface area contributed by atoms with Gasteiger partial charge in [0.2, 0.25) is 5.91 Å². The smallest absolute Gasteiger partial charge is 0.244 e. The van der Waals surface area contributed by atoms with E-state index in [0.717, 1.165) is 31.6 Å². The number of nitrogens with one attached hydrogen (secondary N) is 1. The monoisotopic (exact) mass is 271 g/mol. The third kappa shape index (κ3) is 3.74. The minimum atomic E-state index is -0.235. The molecule has 1 amide bonds. The lowest BCUT2D eigenvalue weighted by Gasteiger charge is -2.25. The lowest BCUT2D eigenvalue weighted by molar-refractivity contribution is -0.131. The molecule has 1 aromatic rings. The molecule has 1 fully saturated rings. The summed E-state index contributed by atoms with van der Waals surface area (Å²) in [4.78, 5) is 14.4. The molecule has 1 aliphatic heterocycles. The fourth-order valence-corrected chi connectivity index (χ4v) is 2.52. The van der Waals surface area contributed by atoms with Crippen LogP contribution in [0.15, 0.2) is 24.3 Å². The van der Waals surface area contributed by atoms with Crippen LogP contribution in [0.2, 0.25) is 0 Å². The summed E-state index contributed by atoms with van der Waals surface area (Å²) in [5.74, 6) is 0.163. The highest BCUT2D eigenvalue weighted by molar-refractivity contribution is 5.84. The summed E-state index contributed by atoms with van der Waals surface area (Å²) in [6.45, 7) is 3.64. The van der Waals surface area contributed by atoms with Crippen molar-refractivity contribution in [1.82, 2.24) is 4.90 Å². The molecule has 0 saturated carbocycles. The number of rotatable bonds is 3. The number of amides is 1. The molecule has 0 bridgehead atoms. The van der Waals surface area contributed by atoms with E-state index < -0.39 is 0 Å². The molecule has 2 rings (SSSR count). The number of carbonyl (C=O) groups excluding carboxylic acids is 1. The summed E-state index contributed by atoms with van der Waals surface area (Å²) >= 11 is 0. The van der Waals surface area contributed by atoms with Crippen molar-refractivity contribution in [2.75, 3.05) is 18.4 Å². The van der Waals surface area contributed by atoms with Gasteiger partial charge in [-0.25, -0.2) is 0 Å². The zero-order valence-electron chi connectivity index (χ0n) is 11.9. The van der Waals surface area contributed by atoms with E-state index in [0.29, 0.717) is 5.56 Å². The zero-order chi connectivity index (χ0) is 14.4. The number of carbonyl (C=O) groups is 1. The van der Waals surface area contributed by atoms with Crippen molar-refractivity contribution >= 4 is 11.6 Å². The van der Waals surface area contributed by atoms with Crippen LogP contribution in [0, 0.1) is 11.3 Å². The maximum absolute atomic E-state index is 12.4. The van der Waals surface area contributed by atoms with E-state index in [9.17, 15) is 4.79 Å². The molecule has 1 N–H and O–H groups in total. The number of likely N-dealkylation sites (tertiary alicyclic amines) is 1. The summed E-state index contributed by atoms with van der Waals surface area (Å²) in [5.41, 5.74) is 1.50. The molecular formula is C16H21N3O. The highest BCUT2D eigenvalue weighted by Crippen LogP contribution is 2.14. The van der Waals surface area contributed by atoms with Crippen LogP contribution in [0.4, 0.5) is 5.69 Å². The second kappa shape index (κ2) is 6.95. The van der Waals surface area contributed by atoms with Crippen molar-refractivity contribution < 1.29 is 4.79 Å². The molecule has 0 spiro atoms. The highest BCUT2D eigenvalue weighted by atomic mass is 16.2. The van der Waals surface area contributed by atoms with Gasteiger partial charge in [-0.3, -0.25) is 4.79 Å². The molecule has 1 aliphatic rings. The van der Waals surface area contributed by atoms with Crippen molar-refractivity contribution in [2.45, 2.75) is 38.6 Å². The minimum absolute atomic E-state index is 0.163. The first kappa shape index (κ1) is 14.4. The first-order chi connectivity index (χ1) is 9.70. The number of anilines is 1. The second-order valence-corrected chi connectivity index (χ2v) is 5.29. The molecule has 1 aromatic carbocycles. The van der Waals surface area contributed by atoms with Gasteiger partial charge in [-0.1, -0.05) is 12.8 Å². The Kier molecular flexibility index (Phi) is 5.00. The molecular weight excluding hydrogens is 250 g/mol. The van der Waals surface area contributed by atoms with Crippen LogP contribution in [-0.4, -0.2) is 29.9 Å². The van der Waals surface area contributed by atoms with E-state index in [4.69, 9.17) is 5.26 Å². The standard InChI is InChI=1S/C16H21N3O/c1-13(16(20)19-10-4-2-3-5-11-19)18-15-8-6-14(12-17)7-9-15/h6-9,13,18H,2-5,10-11H2,1H3. The summed E-state index contributed by atoms with van der Waals surface area (Å²) in [7, 11) is 0. The first-order valence-corrected chi connectivity index (χ1v) is 7.26. The Bertz CT molecular complexity index is 481. The number of nitrogens with zero attached hydrogens (tertiary/aromatic N) is 2. The Hall–Kier alpha value is -2.02. The van der Waals surface area contributed by atoms with Gasteiger partial charge in [-0.15, -0.1) is 0 Å². The van der Waals surface area contributed by atoms with Gasteiger partial charge in [-0.2, -0.15) is 5.26 Å². The van der Waals surface area contributed by atoms with E-state index >= 15 is 0 Å². The van der Waals surface area contributed by atoms with Gasteiger partial charge in [0.1, 0.15) is 6.04 Å². The van der Waals surface area contributed by atoms with Crippen LogP contribution in [0.5, 0.6) is 0 Å². The van der Waals surface area contributed by atoms with Gasteiger partial charge < -0.3 is 10.2 Å². The maximum Gasteiger partial charge on any atom is 0.244 e. The van der Waals surface area contributed by atoms with Crippen molar-refractivity contribution in [3.05, 3.63) is 29.8 Å². The molecule has 4 nitrogen and oxygen atoms in total. The van der Waals surface area contributed by atoms with Gasteiger partial charge in [-0.05, 0) is 44.0 Å². The van der Waals surface area contributed by atoms with Gasteiger partial charge in [0.05, 0.1) is 11.6 Å². The average Bonchev–Trinajstić information content (AvgIpc) is 2.76. The highest BCUT2D eigenvalue weighted by Gasteiger charge is 2.21. The molecule has 0 aromatic heterocycles. The van der Waals surface area contributed by atoms with Crippen molar-refractivity contribution in [1.29, 1.82) is 5.26 Å². The van der Waals surface area contributed by atoms with Crippen LogP contribution < -0.4 is 5.32 Å². The first-order valence-electron chi connectivity index (χ1n) is 7.26. The van der Waals surface area contributed by atoms with Crippen LogP contribution >= 0.6 is 0 Å². The lowest BCUT2D eigenvalue weighted by Crippen LogP contribution is -2.41. The summed E-state index contributed by atoms with van der Waals surface area (Å²) in [6.07, 6.45) is 4.66. The number of hydrogen-bond acceptors (Lipinski definition) is 3. The van der Waals surface area contributed by atoms with E-state index in [1.165, 1.54) is 12.8 Å². The number of benzene rings is 1. The van der Waals surface area contributed by atoms with E-state index in [-0.39, 0.29) is 11.9 Å². The van der Waals surface area contributed by atoms with E-state index in [1.54, 1.807) is 12.1 Å². The second-order valence-electron chi connectivity index (χ2n) is 5.29. The van der Waals surface area contributed by atoms with E-state index in [2.05, 4.69) is 11.4 Å². The zero-order valence-corrected chi connectivity index (χ0v) is 11.9. The quantitative estimate of drug-likeness (QED) is 0.919. The summed E-state index contributed by atoms with van der Waals surface area (Å²) in [6, 6.07) is 9.04. The van der Waals surface area contributed by atoms with Crippen molar-refractivity contribution in [2.24, 2.45) is 0 Å². The third-order valence-electron chi connectivity index (χ3n) is 3.69. The molecule has 4 heteroatoms. The Morgan fingerprint density at radius 2 is 1.80 bits per heavy atom. The normalized spacial score (nSPS) is 16.9. The van der Waals surface area contributed by atoms with Crippen LogP contribution in [0.1, 0.15) is 38.2 Å². The predicted octanol–water partition coefficient (Wildman–Crippen LogP) is 2.76. The number of hydrogen-bond donors (Lipinski definition) is 1. The summed E-state index contributed by atoms with van der Waals surface area (Å²) < 4.78 is 0. The molecule has 1 unspecified atom stereocenters. The molecule has 20 heavy (non-hydrogen) atoms. The van der Waals surface area contributed by atoms with Crippen molar-refractivity contribution in [3.63, 3.8) is 0 Å². The fourth-order valence-electron chi connectivity index (χ4n) is 2.52. The van der Waals surface area contributed by atoms with Gasteiger partial charge in [0, 0.05) is 18.8 Å². The molecule has 1 saturated heterocycles. The minimum Gasteiger partial charge on any atom is -0.374 e. The predicted molar refractivity (Wildman–Crippen MR) is 79.3 cm³/mol. The van der Waals surface area contributed by atoms with Crippen LogP contribution in [0.25, 0.3) is 0 Å². The average molecular weight is 271 g/mol. The van der Waals surface area contributed by atoms with Crippen LogP contribution in [0.3, 0.4) is 0 Å². The van der Waals surface area contributed by atoms with Crippen molar-refractivity contribution in [3.8, 4) is 6.07 Å². The van der Waals surface area contributed by atoms with Gasteiger partial charge in [0.15, 0.2) is 0 Å². The topological polar surface area (TPSA) is 56.1 Å². The third-order valence-corrected chi connectivity index (χ3v) is 3.69. The molecule has 106 valence electrons. The van der Waals surface area contributed by atoms with Crippen LogP contribution in [-0.2, 0) is 4.79 Å². The number of nitriles is 1. The molecule has 1 atom stereocenters. The Morgan fingerprint density at radius 3 is 2.35 bits per heavy atom. The Labute approximate surface area is 120 Å². The Morgan fingerprint density at radius 1 is 1.20 bits per heavy atom. The lowest BCUT2D eigenvalue weighted by atomic mass is 10.2. The van der Waals surface area contributed by atoms with E-state index in [1.807, 2.05) is 24.0 Å². The Balaban J connectivity index is 1.94. The summed E-state index contributed by atoms with van der Waals surface area (Å²) in [5, 5.41) is 12.0. The molecule has 0 radical (unpaired) electrons. The molecule has 0 aliphatic carbocycles. The molecule has 1 heterocycles. The van der Waals surface area contributed by atoms with Gasteiger partial charge >= 0.3 is 0 Å². The SMILES string of the molecule is CC(Nc1ccc(C#N)cc1)C(=O)N1CCCCCC1. The van der Waals surface area contributed by atoms with Gasteiger partial charge in [0.25, 0.3) is 0 Å².